The Hall–Kier alpha value is -5.48. The second kappa shape index (κ2) is 10.1. The summed E-state index contributed by atoms with van der Waals surface area (Å²) >= 11 is 0. The first kappa shape index (κ1) is 26.2. The normalized spacial score (nSPS) is 11.6. The Labute approximate surface area is 256 Å². The predicted octanol–water partition coefficient (Wildman–Crippen LogP) is 10.1. The van der Waals surface area contributed by atoms with Crippen LogP contribution in [0.5, 0.6) is 0 Å². The molecule has 5 aromatic carbocycles. The van der Waals surface area contributed by atoms with E-state index in [9.17, 15) is 0 Å². The van der Waals surface area contributed by atoms with Gasteiger partial charge in [0.25, 0.3) is 0 Å². The number of aryl methyl sites for hydroxylation is 4. The molecule has 0 amide bonds. The van der Waals surface area contributed by atoms with Crippen molar-refractivity contribution in [1.29, 1.82) is 0 Å². The summed E-state index contributed by atoms with van der Waals surface area (Å²) in [6.07, 6.45) is 2.09. The van der Waals surface area contributed by atoms with E-state index in [-0.39, 0.29) is 0 Å². The summed E-state index contributed by atoms with van der Waals surface area (Å²) in [7, 11) is 0. The van der Waals surface area contributed by atoms with Crippen LogP contribution in [0.4, 0.5) is 0 Å². The summed E-state index contributed by atoms with van der Waals surface area (Å²) in [5, 5.41) is 2.62. The molecule has 3 heterocycles. The van der Waals surface area contributed by atoms with Crippen LogP contribution in [-0.2, 0) is 0 Å². The van der Waals surface area contributed by atoms with Crippen molar-refractivity contribution in [2.24, 2.45) is 0 Å². The van der Waals surface area contributed by atoms with Gasteiger partial charge < -0.3 is 4.57 Å². The minimum Gasteiger partial charge on any atom is -0.309 e. The third kappa shape index (κ3) is 4.14. The number of hydrogen-bond donors (Lipinski definition) is 0. The first-order valence-electron chi connectivity index (χ1n) is 15.1. The van der Waals surface area contributed by atoms with Gasteiger partial charge in [-0.1, -0.05) is 96.1 Å². The lowest BCUT2D eigenvalue weighted by atomic mass is 10.0. The summed E-state index contributed by atoms with van der Waals surface area (Å²) in [5.41, 5.74) is 14.9. The molecule has 4 nitrogen and oxygen atoms in total. The maximum Gasteiger partial charge on any atom is 0.235 e. The Bertz CT molecular complexity index is 2280. The topological polar surface area (TPSA) is 35.1 Å². The number of fused-ring (bicyclic) bond motifs is 4. The molecule has 0 bridgehead atoms. The molecule has 0 aliphatic carbocycles. The van der Waals surface area contributed by atoms with Gasteiger partial charge in [-0.15, -0.1) is 0 Å². The molecule has 0 aliphatic heterocycles. The molecule has 0 saturated carbocycles. The van der Waals surface area contributed by atoms with Crippen LogP contribution in [0.25, 0.3) is 67.0 Å². The molecule has 4 heteroatoms. The van der Waals surface area contributed by atoms with Gasteiger partial charge in [0.1, 0.15) is 0 Å². The molecule has 0 aliphatic rings. The molecule has 3 aromatic heterocycles. The predicted molar refractivity (Wildman–Crippen MR) is 183 cm³/mol. The van der Waals surface area contributed by atoms with Gasteiger partial charge in [0.2, 0.25) is 5.78 Å². The average molecular weight is 569 g/mol. The number of imidazole rings is 1. The number of rotatable bonds is 4. The van der Waals surface area contributed by atoms with Gasteiger partial charge in [-0.05, 0) is 69.2 Å². The Morgan fingerprint density at radius 2 is 1.09 bits per heavy atom. The summed E-state index contributed by atoms with van der Waals surface area (Å²) in [4.78, 5) is 10.1. The molecule has 8 aromatic rings. The van der Waals surface area contributed by atoms with Crippen LogP contribution in [0.15, 0.2) is 121 Å². The van der Waals surface area contributed by atoms with E-state index in [4.69, 9.17) is 9.97 Å². The molecule has 0 unspecified atom stereocenters. The number of hydrogen-bond acceptors (Lipinski definition) is 2. The Kier molecular flexibility index (Phi) is 5.98. The molecule has 0 radical (unpaired) electrons. The fraction of sp³-hybridized carbons (Fsp3) is 0.100. The van der Waals surface area contributed by atoms with Crippen LogP contribution in [0.2, 0.25) is 0 Å². The number of nitrogens with zero attached hydrogens (tertiary/aromatic N) is 4. The van der Waals surface area contributed by atoms with E-state index in [0.29, 0.717) is 5.78 Å². The van der Waals surface area contributed by atoms with Gasteiger partial charge in [0.15, 0.2) is 0 Å². The van der Waals surface area contributed by atoms with E-state index in [2.05, 4.69) is 146 Å². The van der Waals surface area contributed by atoms with Gasteiger partial charge >= 0.3 is 0 Å². The molecule has 0 N–H and O–H groups in total. The SMILES string of the molecule is Cc1cc(C)c2c(c1)c1cc(C)cc(C)c1n2-c1ccc(-c2ccn3c(-c4ccccc4)c(-c4ccccc4)nc3n2)cc1. The van der Waals surface area contributed by atoms with Crippen molar-refractivity contribution >= 4 is 27.6 Å². The monoisotopic (exact) mass is 568 g/mol. The van der Waals surface area contributed by atoms with Crippen LogP contribution in [-0.4, -0.2) is 18.9 Å². The minimum absolute atomic E-state index is 0.684. The maximum atomic E-state index is 5.06. The Morgan fingerprint density at radius 1 is 0.523 bits per heavy atom. The van der Waals surface area contributed by atoms with E-state index in [1.54, 1.807) is 0 Å². The summed E-state index contributed by atoms with van der Waals surface area (Å²) in [6, 6.07) is 40.9. The first-order valence-corrected chi connectivity index (χ1v) is 15.1. The van der Waals surface area contributed by atoms with Gasteiger partial charge in [-0.3, -0.25) is 4.40 Å². The highest BCUT2D eigenvalue weighted by Gasteiger charge is 2.19. The highest BCUT2D eigenvalue weighted by atomic mass is 15.1. The Morgan fingerprint density at radius 3 is 1.68 bits per heavy atom. The lowest BCUT2D eigenvalue weighted by Crippen LogP contribution is -1.98. The molecule has 0 fully saturated rings. The fourth-order valence-corrected chi connectivity index (χ4v) is 6.84. The van der Waals surface area contributed by atoms with Crippen molar-refractivity contribution < 1.29 is 0 Å². The van der Waals surface area contributed by atoms with Crippen molar-refractivity contribution in [1.82, 2.24) is 18.9 Å². The molecule has 212 valence electrons. The van der Waals surface area contributed by atoms with Crippen molar-refractivity contribution in [2.45, 2.75) is 27.7 Å². The first-order chi connectivity index (χ1) is 21.5. The van der Waals surface area contributed by atoms with Crippen LogP contribution in [0.1, 0.15) is 22.3 Å². The summed E-state index contributed by atoms with van der Waals surface area (Å²) in [5.74, 6) is 0.684. The highest BCUT2D eigenvalue weighted by Crippen LogP contribution is 2.38. The van der Waals surface area contributed by atoms with Gasteiger partial charge in [-0.2, -0.15) is 0 Å². The standard InChI is InChI=1S/C40H32N4/c1-25-21-27(3)37-33(23-25)34-24-26(2)22-28(4)38(34)44(37)32-17-15-29(16-18-32)35-19-20-43-39(31-13-9-6-10-14-31)36(42-40(43)41-35)30-11-7-5-8-12-30/h5-24H,1-4H3. The zero-order valence-corrected chi connectivity index (χ0v) is 25.3. The van der Waals surface area contributed by atoms with E-state index >= 15 is 0 Å². The van der Waals surface area contributed by atoms with E-state index in [0.717, 1.165) is 39.5 Å². The van der Waals surface area contributed by atoms with Crippen LogP contribution < -0.4 is 0 Å². The van der Waals surface area contributed by atoms with Crippen molar-refractivity contribution in [3.05, 3.63) is 144 Å². The molecule has 8 rings (SSSR count). The smallest absolute Gasteiger partial charge is 0.235 e. The van der Waals surface area contributed by atoms with Crippen LogP contribution >= 0.6 is 0 Å². The highest BCUT2D eigenvalue weighted by molar-refractivity contribution is 6.11. The zero-order chi connectivity index (χ0) is 29.9. The van der Waals surface area contributed by atoms with Crippen molar-refractivity contribution in [2.75, 3.05) is 0 Å². The maximum absolute atomic E-state index is 5.06. The Balaban J connectivity index is 1.26. The van der Waals surface area contributed by atoms with E-state index in [1.165, 1.54) is 44.1 Å². The fourth-order valence-electron chi connectivity index (χ4n) is 6.84. The lowest BCUT2D eigenvalue weighted by molar-refractivity contribution is 1.11. The van der Waals surface area contributed by atoms with Crippen LogP contribution in [0.3, 0.4) is 0 Å². The summed E-state index contributed by atoms with van der Waals surface area (Å²) < 4.78 is 4.53. The quantitative estimate of drug-likeness (QED) is 0.212. The van der Waals surface area contributed by atoms with Gasteiger partial charge in [0, 0.05) is 39.3 Å². The molecular weight excluding hydrogens is 536 g/mol. The van der Waals surface area contributed by atoms with Crippen molar-refractivity contribution in [3.63, 3.8) is 0 Å². The van der Waals surface area contributed by atoms with Crippen LogP contribution in [0, 0.1) is 27.7 Å². The second-order valence-electron chi connectivity index (χ2n) is 11.9. The minimum atomic E-state index is 0.684. The molecule has 0 spiro atoms. The third-order valence-corrected chi connectivity index (χ3v) is 8.64. The van der Waals surface area contributed by atoms with E-state index < -0.39 is 0 Å². The average Bonchev–Trinajstić information content (AvgIpc) is 3.58. The van der Waals surface area contributed by atoms with Gasteiger partial charge in [-0.25, -0.2) is 9.97 Å². The molecular formula is C40H32N4. The molecule has 0 atom stereocenters. The zero-order valence-electron chi connectivity index (χ0n) is 25.3. The molecule has 0 saturated heterocycles. The number of aromatic nitrogens is 4. The summed E-state index contributed by atoms with van der Waals surface area (Å²) in [6.45, 7) is 8.81. The van der Waals surface area contributed by atoms with Crippen molar-refractivity contribution in [3.8, 4) is 39.5 Å². The largest absolute Gasteiger partial charge is 0.309 e. The van der Waals surface area contributed by atoms with Gasteiger partial charge in [0.05, 0.1) is 28.1 Å². The second-order valence-corrected chi connectivity index (χ2v) is 11.9. The third-order valence-electron chi connectivity index (χ3n) is 8.64. The molecule has 44 heavy (non-hydrogen) atoms. The number of benzene rings is 5. The lowest BCUT2D eigenvalue weighted by Gasteiger charge is -2.12. The van der Waals surface area contributed by atoms with E-state index in [1.807, 2.05) is 12.1 Å².